The molecule has 0 saturated heterocycles. The largest absolute Gasteiger partial charge is 0.298 e. The zero-order valence-electron chi connectivity index (χ0n) is 7.43. The van der Waals surface area contributed by atoms with Gasteiger partial charge in [0.05, 0.1) is 11.6 Å². The van der Waals surface area contributed by atoms with E-state index in [1.165, 1.54) is 13.0 Å². The molecule has 0 radical (unpaired) electrons. The average molecular weight is 220 g/mol. The smallest absolute Gasteiger partial charge is 0.266 e. The molecule has 2 nitrogen and oxygen atoms in total. The van der Waals surface area contributed by atoms with Crippen LogP contribution in [0.5, 0.6) is 0 Å². The van der Waals surface area contributed by atoms with Gasteiger partial charge in [-0.05, 0) is 13.0 Å². The molecule has 1 heterocycles. The van der Waals surface area contributed by atoms with Crippen LogP contribution in [0.4, 0.5) is 8.78 Å². The van der Waals surface area contributed by atoms with Gasteiger partial charge in [0.15, 0.2) is 6.29 Å². The number of nitrogens with zero attached hydrogens (tertiary/aromatic N) is 1. The molecular weight excluding hydrogens is 212 g/mol. The summed E-state index contributed by atoms with van der Waals surface area (Å²) in [4.78, 5) is 14.4. The third kappa shape index (κ3) is 2.07. The Morgan fingerprint density at radius 1 is 1.64 bits per heavy atom. The van der Waals surface area contributed by atoms with Crippen LogP contribution >= 0.6 is 11.6 Å². The van der Waals surface area contributed by atoms with Crippen LogP contribution < -0.4 is 0 Å². The summed E-state index contributed by atoms with van der Waals surface area (Å²) in [5, 5.41) is 0. The molecule has 1 aromatic rings. The maximum Gasteiger partial charge on any atom is 0.266 e. The highest BCUT2D eigenvalue weighted by Crippen LogP contribution is 2.25. The third-order valence-electron chi connectivity index (χ3n) is 1.82. The fourth-order valence-electron chi connectivity index (χ4n) is 1.22. The van der Waals surface area contributed by atoms with Gasteiger partial charge in [-0.15, -0.1) is 11.6 Å². The van der Waals surface area contributed by atoms with Crippen LogP contribution in [0.25, 0.3) is 0 Å². The standard InChI is InChI=1S/C9H8ClF2NO/c1-5-8(9(11)12)6(4-14)2-7(3-10)13-5/h2,4,9H,3H2,1H3. The number of alkyl halides is 3. The van der Waals surface area contributed by atoms with Crippen LogP contribution in [0.15, 0.2) is 6.07 Å². The Bertz CT molecular complexity index is 355. The van der Waals surface area contributed by atoms with Crippen LogP contribution in [0.3, 0.4) is 0 Å². The average Bonchev–Trinajstić information content (AvgIpc) is 2.15. The minimum Gasteiger partial charge on any atom is -0.298 e. The second-order valence-corrected chi connectivity index (χ2v) is 3.02. The van der Waals surface area contributed by atoms with Crippen molar-refractivity contribution in [2.75, 3.05) is 0 Å². The lowest BCUT2D eigenvalue weighted by Gasteiger charge is -2.08. The van der Waals surface area contributed by atoms with Crippen molar-refractivity contribution < 1.29 is 13.6 Å². The Labute approximate surface area is 84.9 Å². The van der Waals surface area contributed by atoms with Crippen LogP contribution in [0.2, 0.25) is 0 Å². The number of aldehydes is 1. The Morgan fingerprint density at radius 2 is 2.29 bits per heavy atom. The molecule has 1 aromatic heterocycles. The van der Waals surface area contributed by atoms with Gasteiger partial charge in [-0.1, -0.05) is 0 Å². The van der Waals surface area contributed by atoms with E-state index < -0.39 is 6.43 Å². The lowest BCUT2D eigenvalue weighted by molar-refractivity contribution is 0.110. The van der Waals surface area contributed by atoms with E-state index in [2.05, 4.69) is 4.98 Å². The number of aryl methyl sites for hydroxylation is 1. The Kier molecular flexibility index (Phi) is 3.52. The molecule has 0 aliphatic heterocycles. The van der Waals surface area contributed by atoms with Gasteiger partial charge in [-0.3, -0.25) is 9.78 Å². The van der Waals surface area contributed by atoms with Gasteiger partial charge in [0.1, 0.15) is 0 Å². The van der Waals surface area contributed by atoms with Gasteiger partial charge in [0, 0.05) is 16.8 Å². The highest BCUT2D eigenvalue weighted by molar-refractivity contribution is 6.16. The molecule has 0 spiro atoms. The number of hydrogen-bond acceptors (Lipinski definition) is 2. The molecule has 76 valence electrons. The van der Waals surface area contributed by atoms with Gasteiger partial charge < -0.3 is 0 Å². The van der Waals surface area contributed by atoms with Gasteiger partial charge in [0.2, 0.25) is 0 Å². The van der Waals surface area contributed by atoms with E-state index in [0.29, 0.717) is 12.0 Å². The molecule has 5 heteroatoms. The molecule has 0 aliphatic carbocycles. The highest BCUT2D eigenvalue weighted by Gasteiger charge is 2.17. The van der Waals surface area contributed by atoms with Crippen LogP contribution in [-0.2, 0) is 5.88 Å². The van der Waals surface area contributed by atoms with Crippen molar-refractivity contribution in [1.82, 2.24) is 4.98 Å². The first kappa shape index (κ1) is 11.0. The van der Waals surface area contributed by atoms with E-state index in [9.17, 15) is 13.6 Å². The van der Waals surface area contributed by atoms with Crippen molar-refractivity contribution in [1.29, 1.82) is 0 Å². The molecule has 0 unspecified atom stereocenters. The molecule has 0 atom stereocenters. The minimum absolute atomic E-state index is 0.0387. The molecule has 1 rings (SSSR count). The Balaban J connectivity index is 3.34. The lowest BCUT2D eigenvalue weighted by atomic mass is 10.1. The molecule has 0 saturated carbocycles. The molecule has 0 bridgehead atoms. The number of aromatic nitrogens is 1. The van der Waals surface area contributed by atoms with Gasteiger partial charge in [-0.25, -0.2) is 8.78 Å². The summed E-state index contributed by atoms with van der Waals surface area (Å²) in [5.74, 6) is 0.102. The maximum atomic E-state index is 12.5. The summed E-state index contributed by atoms with van der Waals surface area (Å²) in [7, 11) is 0. The number of hydrogen-bond donors (Lipinski definition) is 0. The molecule has 0 aliphatic rings. The van der Waals surface area contributed by atoms with E-state index in [1.807, 2.05) is 0 Å². The first-order valence-corrected chi connectivity index (χ1v) is 4.43. The quantitative estimate of drug-likeness (QED) is 0.578. The van der Waals surface area contributed by atoms with E-state index in [1.54, 1.807) is 0 Å². The zero-order valence-corrected chi connectivity index (χ0v) is 8.18. The first-order chi connectivity index (χ1) is 6.60. The van der Waals surface area contributed by atoms with Crippen molar-refractivity contribution in [2.24, 2.45) is 0 Å². The summed E-state index contributed by atoms with van der Waals surface area (Å²) in [5.41, 5.74) is 0.230. The number of rotatable bonds is 3. The predicted molar refractivity (Wildman–Crippen MR) is 48.9 cm³/mol. The van der Waals surface area contributed by atoms with E-state index in [4.69, 9.17) is 11.6 Å². The molecule has 14 heavy (non-hydrogen) atoms. The van der Waals surface area contributed by atoms with E-state index in [0.717, 1.165) is 0 Å². The second kappa shape index (κ2) is 4.46. The van der Waals surface area contributed by atoms with Gasteiger partial charge in [0.25, 0.3) is 6.43 Å². The third-order valence-corrected chi connectivity index (χ3v) is 2.09. The summed E-state index contributed by atoms with van der Waals surface area (Å²) < 4.78 is 25.0. The Hall–Kier alpha value is -1.03. The predicted octanol–water partition coefficient (Wildman–Crippen LogP) is 2.88. The number of pyridine rings is 1. The number of halogens is 3. The molecule has 0 fully saturated rings. The fourth-order valence-corrected chi connectivity index (χ4v) is 1.36. The van der Waals surface area contributed by atoms with Crippen LogP contribution in [0.1, 0.15) is 33.7 Å². The molecular formula is C9H8ClF2NO. The molecule has 0 N–H and O–H groups in total. The van der Waals surface area contributed by atoms with Gasteiger partial charge in [-0.2, -0.15) is 0 Å². The normalized spacial score (nSPS) is 10.6. The van der Waals surface area contributed by atoms with Crippen molar-refractivity contribution in [3.05, 3.63) is 28.6 Å². The first-order valence-electron chi connectivity index (χ1n) is 3.89. The number of carbonyl (C=O) groups is 1. The van der Waals surface area contributed by atoms with Crippen molar-refractivity contribution >= 4 is 17.9 Å². The fraction of sp³-hybridized carbons (Fsp3) is 0.333. The van der Waals surface area contributed by atoms with Crippen molar-refractivity contribution in [3.63, 3.8) is 0 Å². The van der Waals surface area contributed by atoms with Crippen LogP contribution in [0, 0.1) is 6.92 Å². The minimum atomic E-state index is -2.69. The summed E-state index contributed by atoms with van der Waals surface area (Å²) in [6.45, 7) is 1.44. The number of carbonyl (C=O) groups excluding carboxylic acids is 1. The maximum absolute atomic E-state index is 12.5. The van der Waals surface area contributed by atoms with Crippen molar-refractivity contribution in [3.8, 4) is 0 Å². The van der Waals surface area contributed by atoms with E-state index in [-0.39, 0.29) is 22.7 Å². The SMILES string of the molecule is Cc1nc(CCl)cc(C=O)c1C(F)F. The van der Waals surface area contributed by atoms with Gasteiger partial charge >= 0.3 is 0 Å². The lowest BCUT2D eigenvalue weighted by Crippen LogP contribution is -2.02. The second-order valence-electron chi connectivity index (χ2n) is 2.75. The highest BCUT2D eigenvalue weighted by atomic mass is 35.5. The molecule has 0 amide bonds. The van der Waals surface area contributed by atoms with E-state index >= 15 is 0 Å². The summed E-state index contributed by atoms with van der Waals surface area (Å²) >= 11 is 5.49. The zero-order chi connectivity index (χ0) is 10.7. The van der Waals surface area contributed by atoms with Crippen LogP contribution in [-0.4, -0.2) is 11.3 Å². The summed E-state index contributed by atoms with van der Waals surface area (Å²) in [6, 6.07) is 1.29. The Morgan fingerprint density at radius 3 is 2.71 bits per heavy atom. The molecule has 0 aromatic carbocycles. The topological polar surface area (TPSA) is 30.0 Å². The monoisotopic (exact) mass is 219 g/mol. The summed E-state index contributed by atoms with van der Waals surface area (Å²) in [6.07, 6.45) is -2.29. The van der Waals surface area contributed by atoms with Crippen molar-refractivity contribution in [2.45, 2.75) is 19.2 Å².